The highest BCUT2D eigenvalue weighted by atomic mass is 16.6. The van der Waals surface area contributed by atoms with Gasteiger partial charge in [-0.1, -0.05) is 5.16 Å². The summed E-state index contributed by atoms with van der Waals surface area (Å²) in [6.45, 7) is 5.66. The third kappa shape index (κ3) is 4.24. The maximum absolute atomic E-state index is 8.62. The van der Waals surface area contributed by atoms with E-state index < -0.39 is 0 Å². The van der Waals surface area contributed by atoms with Gasteiger partial charge in [-0.3, -0.25) is 4.90 Å². The van der Waals surface area contributed by atoms with Crippen molar-refractivity contribution in [1.29, 1.82) is 0 Å². The second kappa shape index (κ2) is 5.94. The lowest BCUT2D eigenvalue weighted by molar-refractivity contribution is 0.117. The molecule has 0 aromatic carbocycles. The summed E-state index contributed by atoms with van der Waals surface area (Å²) in [6.07, 6.45) is 2.61. The number of aliphatic hydroxyl groups excluding tert-OH is 1. The van der Waals surface area contributed by atoms with Crippen LogP contribution in [0.3, 0.4) is 0 Å². The number of oxime groups is 1. The second-order valence-electron chi connectivity index (χ2n) is 3.37. The fraction of sp³-hybridized carbons (Fsp3) is 0.889. The molecule has 76 valence electrons. The molecule has 0 saturated carbocycles. The van der Waals surface area contributed by atoms with Crippen molar-refractivity contribution in [3.05, 3.63) is 0 Å². The molecule has 1 rings (SSSR count). The summed E-state index contributed by atoms with van der Waals surface area (Å²) in [7, 11) is 0. The Morgan fingerprint density at radius 1 is 1.46 bits per heavy atom. The Kier molecular flexibility index (Phi) is 4.78. The molecule has 0 amide bonds. The molecule has 1 heterocycles. The molecular formula is C9H18N2O2. The van der Waals surface area contributed by atoms with Gasteiger partial charge < -0.3 is 9.94 Å². The number of hydrogen-bond donors (Lipinski definition) is 1. The normalized spacial score (nSPS) is 19.4. The van der Waals surface area contributed by atoms with Crippen LogP contribution in [0.1, 0.15) is 19.8 Å². The Hall–Kier alpha value is -0.610. The van der Waals surface area contributed by atoms with Crippen LogP contribution in [0.5, 0.6) is 0 Å². The first-order valence-corrected chi connectivity index (χ1v) is 4.81. The Labute approximate surface area is 79.2 Å². The van der Waals surface area contributed by atoms with Crippen LogP contribution in [0.4, 0.5) is 0 Å². The van der Waals surface area contributed by atoms with Gasteiger partial charge in [0.25, 0.3) is 0 Å². The van der Waals surface area contributed by atoms with Gasteiger partial charge in [-0.25, -0.2) is 0 Å². The van der Waals surface area contributed by atoms with Crippen LogP contribution in [0.15, 0.2) is 5.16 Å². The molecule has 0 spiro atoms. The molecule has 13 heavy (non-hydrogen) atoms. The van der Waals surface area contributed by atoms with Gasteiger partial charge in [-0.05, 0) is 32.9 Å². The Balaban J connectivity index is 2.00. The predicted octanol–water partition coefficient (Wildman–Crippen LogP) is 0.467. The van der Waals surface area contributed by atoms with E-state index in [1.165, 1.54) is 25.9 Å². The Bertz CT molecular complexity index is 165. The van der Waals surface area contributed by atoms with Crippen molar-refractivity contribution in [2.75, 3.05) is 32.8 Å². The molecule has 4 heteroatoms. The van der Waals surface area contributed by atoms with Gasteiger partial charge in [0.1, 0.15) is 6.61 Å². The van der Waals surface area contributed by atoms with Crippen molar-refractivity contribution < 1.29 is 9.94 Å². The summed E-state index contributed by atoms with van der Waals surface area (Å²) in [4.78, 5) is 7.40. The molecule has 4 nitrogen and oxygen atoms in total. The predicted molar refractivity (Wildman–Crippen MR) is 51.8 cm³/mol. The number of nitrogens with zero attached hydrogens (tertiary/aromatic N) is 2. The maximum atomic E-state index is 8.62. The fourth-order valence-electron chi connectivity index (χ4n) is 1.36. The lowest BCUT2D eigenvalue weighted by Gasteiger charge is -2.12. The zero-order valence-corrected chi connectivity index (χ0v) is 8.20. The highest BCUT2D eigenvalue weighted by molar-refractivity contribution is 5.82. The maximum Gasteiger partial charge on any atom is 0.129 e. The van der Waals surface area contributed by atoms with Gasteiger partial charge in [0.05, 0.1) is 12.3 Å². The van der Waals surface area contributed by atoms with Crippen molar-refractivity contribution in [3.8, 4) is 0 Å². The number of rotatable bonds is 5. The van der Waals surface area contributed by atoms with Crippen LogP contribution in [0.2, 0.25) is 0 Å². The molecule has 0 aliphatic carbocycles. The molecule has 1 saturated heterocycles. The van der Waals surface area contributed by atoms with E-state index in [9.17, 15) is 0 Å². The van der Waals surface area contributed by atoms with Crippen molar-refractivity contribution in [2.45, 2.75) is 19.8 Å². The minimum Gasteiger partial charge on any atom is -0.394 e. The van der Waals surface area contributed by atoms with E-state index in [4.69, 9.17) is 9.94 Å². The monoisotopic (exact) mass is 186 g/mol. The fourth-order valence-corrected chi connectivity index (χ4v) is 1.36. The topological polar surface area (TPSA) is 45.1 Å². The van der Waals surface area contributed by atoms with Crippen molar-refractivity contribution in [3.63, 3.8) is 0 Å². The van der Waals surface area contributed by atoms with E-state index in [-0.39, 0.29) is 6.61 Å². The highest BCUT2D eigenvalue weighted by Gasteiger charge is 2.10. The first-order chi connectivity index (χ1) is 6.33. The third-order valence-corrected chi connectivity index (χ3v) is 2.15. The van der Waals surface area contributed by atoms with Crippen LogP contribution in [0.25, 0.3) is 0 Å². The molecule has 0 unspecified atom stereocenters. The highest BCUT2D eigenvalue weighted by Crippen LogP contribution is 2.05. The zero-order valence-electron chi connectivity index (χ0n) is 8.20. The molecule has 0 aromatic rings. The minimum atomic E-state index is -0.0241. The average molecular weight is 186 g/mol. The van der Waals surface area contributed by atoms with Crippen molar-refractivity contribution in [1.82, 2.24) is 4.90 Å². The van der Waals surface area contributed by atoms with Crippen LogP contribution < -0.4 is 0 Å². The number of aliphatic hydroxyl groups is 1. The van der Waals surface area contributed by atoms with Gasteiger partial charge in [-0.2, -0.15) is 0 Å². The van der Waals surface area contributed by atoms with E-state index in [0.717, 1.165) is 6.54 Å². The summed E-state index contributed by atoms with van der Waals surface area (Å²) in [5, 5.41) is 12.4. The van der Waals surface area contributed by atoms with Crippen molar-refractivity contribution in [2.24, 2.45) is 5.16 Å². The molecule has 0 bridgehead atoms. The second-order valence-corrected chi connectivity index (χ2v) is 3.37. The standard InChI is InChI=1S/C9H18N2O2/c1-9(8-12)10-13-7-6-11-4-2-3-5-11/h12H,2-8H2,1H3/b10-9-. The van der Waals surface area contributed by atoms with Crippen LogP contribution in [-0.2, 0) is 4.84 Å². The number of likely N-dealkylation sites (tertiary alicyclic amines) is 1. The summed E-state index contributed by atoms with van der Waals surface area (Å²) in [5.74, 6) is 0. The van der Waals surface area contributed by atoms with Gasteiger partial charge in [0.15, 0.2) is 0 Å². The van der Waals surface area contributed by atoms with E-state index >= 15 is 0 Å². The van der Waals surface area contributed by atoms with E-state index in [0.29, 0.717) is 12.3 Å². The molecule has 0 atom stereocenters. The number of hydrogen-bond acceptors (Lipinski definition) is 4. The summed E-state index contributed by atoms with van der Waals surface area (Å²) >= 11 is 0. The molecule has 0 radical (unpaired) electrons. The van der Waals surface area contributed by atoms with Gasteiger partial charge >= 0.3 is 0 Å². The molecule has 1 fully saturated rings. The zero-order chi connectivity index (χ0) is 9.52. The smallest absolute Gasteiger partial charge is 0.129 e. The molecule has 1 N–H and O–H groups in total. The summed E-state index contributed by atoms with van der Waals surface area (Å²) in [5.41, 5.74) is 0.626. The third-order valence-electron chi connectivity index (χ3n) is 2.15. The minimum absolute atomic E-state index is 0.0241. The lowest BCUT2D eigenvalue weighted by atomic mass is 10.4. The van der Waals surface area contributed by atoms with Crippen LogP contribution in [-0.4, -0.2) is 48.6 Å². The molecule has 1 aliphatic heterocycles. The van der Waals surface area contributed by atoms with Gasteiger partial charge in [0.2, 0.25) is 0 Å². The van der Waals surface area contributed by atoms with Gasteiger partial charge in [0, 0.05) is 6.54 Å². The molecular weight excluding hydrogens is 168 g/mol. The largest absolute Gasteiger partial charge is 0.394 e. The summed E-state index contributed by atoms with van der Waals surface area (Å²) in [6, 6.07) is 0. The Morgan fingerprint density at radius 2 is 2.15 bits per heavy atom. The first kappa shape index (κ1) is 10.5. The van der Waals surface area contributed by atoms with Crippen LogP contribution >= 0.6 is 0 Å². The SMILES string of the molecule is C/C(CO)=N/OCCN1CCCC1. The van der Waals surface area contributed by atoms with Gasteiger partial charge in [-0.15, -0.1) is 0 Å². The molecule has 0 aromatic heterocycles. The average Bonchev–Trinajstić information content (AvgIpc) is 2.64. The van der Waals surface area contributed by atoms with Crippen molar-refractivity contribution >= 4 is 5.71 Å². The van der Waals surface area contributed by atoms with E-state index in [1.54, 1.807) is 6.92 Å². The Morgan fingerprint density at radius 3 is 2.77 bits per heavy atom. The van der Waals surface area contributed by atoms with Crippen LogP contribution in [0, 0.1) is 0 Å². The van der Waals surface area contributed by atoms with E-state index in [2.05, 4.69) is 10.1 Å². The quantitative estimate of drug-likeness (QED) is 0.385. The first-order valence-electron chi connectivity index (χ1n) is 4.81. The lowest BCUT2D eigenvalue weighted by Crippen LogP contribution is -2.23. The summed E-state index contributed by atoms with van der Waals surface area (Å²) < 4.78 is 0. The van der Waals surface area contributed by atoms with E-state index in [1.807, 2.05) is 0 Å². The molecule has 1 aliphatic rings.